The minimum atomic E-state index is -4.89. The van der Waals surface area contributed by atoms with Crippen molar-refractivity contribution in [2.75, 3.05) is 59.7 Å². The molecule has 0 radical (unpaired) electrons. The van der Waals surface area contributed by atoms with Gasteiger partial charge in [-0.3, -0.25) is 9.69 Å². The summed E-state index contributed by atoms with van der Waals surface area (Å²) in [7, 11) is 0. The molecular formula is C33H35F4N7O3. The number of hydrogen-bond acceptors (Lipinski definition) is 9. The molecule has 14 heteroatoms. The fourth-order valence-electron chi connectivity index (χ4n) is 5.95. The van der Waals surface area contributed by atoms with Gasteiger partial charge in [0, 0.05) is 39.3 Å². The van der Waals surface area contributed by atoms with Gasteiger partial charge in [-0.2, -0.15) is 18.2 Å². The van der Waals surface area contributed by atoms with Crippen molar-refractivity contribution in [1.82, 2.24) is 14.9 Å². The maximum atomic E-state index is 14.0. The number of carbonyl (C=O) groups is 1. The number of aliphatic hydroxyl groups excluding tert-OH is 1. The first-order valence-electron chi connectivity index (χ1n) is 15.4. The summed E-state index contributed by atoms with van der Waals surface area (Å²) in [5.74, 6) is -1.55. The van der Waals surface area contributed by atoms with E-state index in [2.05, 4.69) is 20.6 Å². The number of amides is 1. The number of oxazole rings is 1. The van der Waals surface area contributed by atoms with Crippen molar-refractivity contribution in [2.45, 2.75) is 38.2 Å². The van der Waals surface area contributed by atoms with E-state index in [0.717, 1.165) is 0 Å². The van der Waals surface area contributed by atoms with E-state index in [4.69, 9.17) is 4.42 Å². The van der Waals surface area contributed by atoms with Crippen molar-refractivity contribution in [3.63, 3.8) is 0 Å². The molecule has 4 aromatic rings. The number of benzene rings is 2. The number of aromatic nitrogens is 2. The largest absolute Gasteiger partial charge is 0.437 e. The lowest BCUT2D eigenvalue weighted by molar-refractivity contribution is -0.141. The lowest BCUT2D eigenvalue weighted by Gasteiger charge is -2.38. The van der Waals surface area contributed by atoms with Gasteiger partial charge >= 0.3 is 6.18 Å². The molecule has 47 heavy (non-hydrogen) atoms. The lowest BCUT2D eigenvalue weighted by atomic mass is 9.90. The minimum absolute atomic E-state index is 0.199. The maximum Gasteiger partial charge on any atom is 0.437 e. The highest BCUT2D eigenvalue weighted by Gasteiger charge is 2.42. The molecule has 10 nitrogen and oxygen atoms in total. The molecule has 1 amide bonds. The van der Waals surface area contributed by atoms with Crippen LogP contribution in [-0.4, -0.2) is 71.5 Å². The molecule has 2 aliphatic rings. The van der Waals surface area contributed by atoms with Crippen molar-refractivity contribution in [3.8, 4) is 0 Å². The number of piperidine rings is 1. The monoisotopic (exact) mass is 653 g/mol. The second-order valence-corrected chi connectivity index (χ2v) is 11.7. The molecule has 2 aromatic heterocycles. The quantitative estimate of drug-likeness (QED) is 0.163. The Kier molecular flexibility index (Phi) is 9.32. The van der Waals surface area contributed by atoms with Gasteiger partial charge in [-0.1, -0.05) is 42.5 Å². The van der Waals surface area contributed by atoms with Crippen LogP contribution in [0.3, 0.4) is 0 Å². The number of carbonyl (C=O) groups excluding carboxylic acids is 1. The van der Waals surface area contributed by atoms with Crippen LogP contribution in [0.4, 0.5) is 40.8 Å². The summed E-state index contributed by atoms with van der Waals surface area (Å²) < 4.78 is 61.4. The van der Waals surface area contributed by atoms with Crippen molar-refractivity contribution >= 4 is 29.1 Å². The Morgan fingerprint density at radius 3 is 2.30 bits per heavy atom. The number of pyridine rings is 1. The standard InChI is InChI=1S/C33H35F4N7O3/c1-21-19-27(42-15-17-43(18-16-42)31(46)40-25-10-6-5-9-24(25)34)38-20-26(21)39-30(45)28-29(33(35,36)37)41-32(47-28)44-13-11-23(12-14-44)22-7-3-2-4-8-22/h2-10,19-20,23,31,40,46H,11-18H2,1H3,(H,39,45). The smallest absolute Gasteiger partial charge is 0.417 e. The van der Waals surface area contributed by atoms with Gasteiger partial charge in [0.25, 0.3) is 11.9 Å². The number of rotatable bonds is 8. The highest BCUT2D eigenvalue weighted by Crippen LogP contribution is 2.37. The van der Waals surface area contributed by atoms with Crippen LogP contribution in [0.25, 0.3) is 0 Å². The van der Waals surface area contributed by atoms with Crippen molar-refractivity contribution in [3.05, 3.63) is 95.3 Å². The van der Waals surface area contributed by atoms with E-state index in [1.54, 1.807) is 41.0 Å². The number of piperazine rings is 1. The van der Waals surface area contributed by atoms with Gasteiger partial charge in [-0.25, -0.2) is 9.37 Å². The zero-order valence-electron chi connectivity index (χ0n) is 25.7. The molecular weight excluding hydrogens is 618 g/mol. The summed E-state index contributed by atoms with van der Waals surface area (Å²) in [5.41, 5.74) is 0.826. The molecule has 0 saturated carbocycles. The number of para-hydroxylation sites is 1. The highest BCUT2D eigenvalue weighted by atomic mass is 19.4. The molecule has 1 atom stereocenters. The van der Waals surface area contributed by atoms with Gasteiger partial charge in [0.05, 0.1) is 17.6 Å². The predicted molar refractivity (Wildman–Crippen MR) is 169 cm³/mol. The predicted octanol–water partition coefficient (Wildman–Crippen LogP) is 5.68. The number of nitrogens with one attached hydrogen (secondary N) is 2. The maximum absolute atomic E-state index is 14.0. The number of anilines is 4. The Balaban J connectivity index is 1.08. The summed E-state index contributed by atoms with van der Waals surface area (Å²) in [6.45, 7) is 4.53. The van der Waals surface area contributed by atoms with Crippen molar-refractivity contribution in [1.29, 1.82) is 0 Å². The van der Waals surface area contributed by atoms with E-state index in [9.17, 15) is 27.5 Å². The molecule has 0 bridgehead atoms. The molecule has 1 unspecified atom stereocenters. The van der Waals surface area contributed by atoms with Gasteiger partial charge in [-0.05, 0) is 55.0 Å². The molecule has 3 N–H and O–H groups in total. The molecule has 2 fully saturated rings. The number of alkyl halides is 3. The first kappa shape index (κ1) is 32.3. The third-order valence-corrected chi connectivity index (χ3v) is 8.61. The third-order valence-electron chi connectivity index (χ3n) is 8.61. The summed E-state index contributed by atoms with van der Waals surface area (Å²) in [6.07, 6.45) is -3.16. The van der Waals surface area contributed by atoms with Crippen LogP contribution in [0.5, 0.6) is 0 Å². The number of halogens is 4. The topological polar surface area (TPSA) is 110 Å². The Bertz CT molecular complexity index is 1690. The second-order valence-electron chi connectivity index (χ2n) is 11.7. The first-order valence-corrected chi connectivity index (χ1v) is 15.4. The summed E-state index contributed by atoms with van der Waals surface area (Å²) in [4.78, 5) is 26.7. The molecule has 0 spiro atoms. The molecule has 2 aromatic carbocycles. The van der Waals surface area contributed by atoms with Crippen LogP contribution >= 0.6 is 0 Å². The van der Waals surface area contributed by atoms with Gasteiger partial charge in [0.1, 0.15) is 11.6 Å². The SMILES string of the molecule is Cc1cc(N2CCN(C(O)Nc3ccccc3F)CC2)ncc1NC(=O)c1oc(N2CCC(c3ccccc3)CC2)nc1C(F)(F)F. The summed E-state index contributed by atoms with van der Waals surface area (Å²) in [6, 6.07) is 17.5. The fourth-order valence-corrected chi connectivity index (χ4v) is 5.95. The van der Waals surface area contributed by atoms with Crippen molar-refractivity contribution in [2.24, 2.45) is 0 Å². The molecule has 0 aliphatic carbocycles. The van der Waals surface area contributed by atoms with Crippen LogP contribution in [0.1, 0.15) is 46.1 Å². The molecule has 6 rings (SSSR count). The normalized spacial score (nSPS) is 17.1. The Hall–Kier alpha value is -4.69. The van der Waals surface area contributed by atoms with E-state index in [1.807, 2.05) is 35.2 Å². The van der Waals surface area contributed by atoms with Crippen molar-refractivity contribution < 1.29 is 31.9 Å². The van der Waals surface area contributed by atoms with Gasteiger partial charge in [-0.15, -0.1) is 0 Å². The highest BCUT2D eigenvalue weighted by molar-refractivity contribution is 6.03. The zero-order chi connectivity index (χ0) is 33.1. The van der Waals surface area contributed by atoms with Gasteiger partial charge < -0.3 is 30.0 Å². The minimum Gasteiger partial charge on any atom is -0.417 e. The van der Waals surface area contributed by atoms with E-state index >= 15 is 0 Å². The number of hydrogen-bond donors (Lipinski definition) is 3. The molecule has 2 aliphatic heterocycles. The number of aliphatic hydroxyl groups is 1. The van der Waals surface area contributed by atoms with E-state index in [-0.39, 0.29) is 23.3 Å². The summed E-state index contributed by atoms with van der Waals surface area (Å²) in [5, 5.41) is 15.8. The Morgan fingerprint density at radius 1 is 0.957 bits per heavy atom. The Labute approximate surface area is 269 Å². The lowest BCUT2D eigenvalue weighted by Crippen LogP contribution is -2.53. The number of nitrogens with zero attached hydrogens (tertiary/aromatic N) is 5. The van der Waals surface area contributed by atoms with Gasteiger partial charge in [0.15, 0.2) is 12.0 Å². The first-order chi connectivity index (χ1) is 22.6. The molecule has 248 valence electrons. The molecule has 2 saturated heterocycles. The van der Waals surface area contributed by atoms with E-state index in [1.165, 1.54) is 17.8 Å². The van der Waals surface area contributed by atoms with Crippen LogP contribution < -0.4 is 20.4 Å². The van der Waals surface area contributed by atoms with Gasteiger partial charge in [0.2, 0.25) is 5.76 Å². The fraction of sp³-hybridized carbons (Fsp3) is 0.364. The van der Waals surface area contributed by atoms with Crippen LogP contribution in [-0.2, 0) is 6.18 Å². The van der Waals surface area contributed by atoms with E-state index in [0.29, 0.717) is 63.5 Å². The average Bonchev–Trinajstić information content (AvgIpc) is 3.54. The average molecular weight is 654 g/mol. The van der Waals surface area contributed by atoms with Crippen LogP contribution in [0, 0.1) is 12.7 Å². The van der Waals surface area contributed by atoms with Crippen LogP contribution in [0.2, 0.25) is 0 Å². The number of aryl methyl sites for hydroxylation is 1. The summed E-state index contributed by atoms with van der Waals surface area (Å²) >= 11 is 0. The zero-order valence-corrected chi connectivity index (χ0v) is 25.7. The second kappa shape index (κ2) is 13.6. The van der Waals surface area contributed by atoms with Crippen LogP contribution in [0.15, 0.2) is 71.3 Å². The third kappa shape index (κ3) is 7.33. The Morgan fingerprint density at radius 2 is 1.64 bits per heavy atom. The molecule has 4 heterocycles. The van der Waals surface area contributed by atoms with E-state index < -0.39 is 35.7 Å².